The summed E-state index contributed by atoms with van der Waals surface area (Å²) in [6.07, 6.45) is 0. The van der Waals surface area contributed by atoms with Crippen molar-refractivity contribution in [1.29, 1.82) is 0 Å². The Kier molecular flexibility index (Phi) is 4.01. The Balaban J connectivity index is 1.60. The van der Waals surface area contributed by atoms with Gasteiger partial charge in [0.15, 0.2) is 22.9 Å². The van der Waals surface area contributed by atoms with E-state index in [1.54, 1.807) is 6.07 Å². The molecule has 130 valence electrons. The lowest BCUT2D eigenvalue weighted by atomic mass is 10.2. The molecule has 0 spiro atoms. The first-order valence-corrected chi connectivity index (χ1v) is 7.86. The van der Waals surface area contributed by atoms with Crippen LogP contribution in [0.5, 0.6) is 11.5 Å². The van der Waals surface area contributed by atoms with Crippen LogP contribution in [0.15, 0.2) is 65.1 Å². The van der Waals surface area contributed by atoms with Gasteiger partial charge in [-0.25, -0.2) is 9.37 Å². The van der Waals surface area contributed by atoms with E-state index in [-0.39, 0.29) is 29.3 Å². The average Bonchev–Trinajstić information content (AvgIpc) is 3.10. The fraction of sp³-hybridized carbons (Fsp3) is 0.0500. The van der Waals surface area contributed by atoms with Gasteiger partial charge in [-0.15, -0.1) is 0 Å². The first-order valence-electron chi connectivity index (χ1n) is 7.86. The number of benzene rings is 3. The molecule has 3 aromatic carbocycles. The van der Waals surface area contributed by atoms with E-state index in [2.05, 4.69) is 4.98 Å². The minimum absolute atomic E-state index is 0.0537. The summed E-state index contributed by atoms with van der Waals surface area (Å²) in [7, 11) is 0. The van der Waals surface area contributed by atoms with Gasteiger partial charge < -0.3 is 14.3 Å². The number of ether oxygens (including phenoxy) is 1. The van der Waals surface area contributed by atoms with Crippen molar-refractivity contribution in [2.24, 2.45) is 0 Å². The van der Waals surface area contributed by atoms with Crippen LogP contribution < -0.4 is 4.74 Å². The zero-order valence-corrected chi connectivity index (χ0v) is 13.4. The second-order valence-corrected chi connectivity index (χ2v) is 5.69. The lowest BCUT2D eigenvalue weighted by Crippen LogP contribution is -1.97. The molecule has 26 heavy (non-hydrogen) atoms. The first-order chi connectivity index (χ1) is 12.6. The summed E-state index contributed by atoms with van der Waals surface area (Å²) in [5.74, 6) is -1.86. The molecule has 1 aromatic heterocycles. The van der Waals surface area contributed by atoms with E-state index in [1.165, 1.54) is 24.3 Å². The molecule has 1 heterocycles. The van der Waals surface area contributed by atoms with E-state index in [1.807, 2.05) is 30.3 Å². The van der Waals surface area contributed by atoms with Gasteiger partial charge >= 0.3 is 0 Å². The van der Waals surface area contributed by atoms with Gasteiger partial charge in [0.25, 0.3) is 0 Å². The maximum Gasteiger partial charge on any atom is 0.227 e. The minimum Gasteiger partial charge on any atom is -0.505 e. The van der Waals surface area contributed by atoms with Crippen molar-refractivity contribution in [3.63, 3.8) is 0 Å². The summed E-state index contributed by atoms with van der Waals surface area (Å²) in [6, 6.07) is 16.3. The summed E-state index contributed by atoms with van der Waals surface area (Å²) in [5, 5.41) is 9.39. The third-order valence-corrected chi connectivity index (χ3v) is 3.89. The van der Waals surface area contributed by atoms with E-state index in [9.17, 15) is 13.9 Å². The standard InChI is InChI=1S/C20H13F2NO3/c21-14-10-13(6-9-17(14)25-11-12-4-2-1-3-5-12)20-23-15-7-8-16(24)18(22)19(15)26-20/h1-10,24H,11H2. The Bertz CT molecular complexity index is 1080. The Hall–Kier alpha value is -3.41. The summed E-state index contributed by atoms with van der Waals surface area (Å²) < 4.78 is 39.0. The van der Waals surface area contributed by atoms with Gasteiger partial charge in [-0.1, -0.05) is 30.3 Å². The maximum absolute atomic E-state index is 14.3. The van der Waals surface area contributed by atoms with Crippen molar-refractivity contribution in [2.45, 2.75) is 6.61 Å². The number of aromatic hydroxyl groups is 1. The lowest BCUT2D eigenvalue weighted by Gasteiger charge is -2.08. The molecule has 6 heteroatoms. The number of hydrogen-bond acceptors (Lipinski definition) is 4. The molecule has 4 rings (SSSR count). The topological polar surface area (TPSA) is 55.5 Å². The smallest absolute Gasteiger partial charge is 0.227 e. The lowest BCUT2D eigenvalue weighted by molar-refractivity contribution is 0.290. The Morgan fingerprint density at radius 3 is 2.58 bits per heavy atom. The number of phenols is 1. The van der Waals surface area contributed by atoms with Gasteiger partial charge in [-0.05, 0) is 35.9 Å². The van der Waals surface area contributed by atoms with Crippen LogP contribution in [0.1, 0.15) is 5.56 Å². The van der Waals surface area contributed by atoms with Gasteiger partial charge in [-0.2, -0.15) is 4.39 Å². The summed E-state index contributed by atoms with van der Waals surface area (Å²) in [4.78, 5) is 4.12. The highest BCUT2D eigenvalue weighted by Crippen LogP contribution is 2.31. The normalized spacial score (nSPS) is 11.0. The van der Waals surface area contributed by atoms with Crippen molar-refractivity contribution >= 4 is 11.1 Å². The minimum atomic E-state index is -0.899. The Labute approximate surface area is 147 Å². The highest BCUT2D eigenvalue weighted by molar-refractivity contribution is 5.78. The third kappa shape index (κ3) is 2.97. The predicted octanol–water partition coefficient (Wildman–Crippen LogP) is 5.06. The molecule has 0 aliphatic carbocycles. The summed E-state index contributed by atoms with van der Waals surface area (Å²) in [6.45, 7) is 0.241. The highest BCUT2D eigenvalue weighted by atomic mass is 19.1. The van der Waals surface area contributed by atoms with E-state index in [0.717, 1.165) is 5.56 Å². The van der Waals surface area contributed by atoms with Crippen molar-refractivity contribution in [3.05, 3.63) is 77.9 Å². The van der Waals surface area contributed by atoms with Gasteiger partial charge in [0.1, 0.15) is 12.1 Å². The van der Waals surface area contributed by atoms with Crippen LogP contribution >= 0.6 is 0 Å². The van der Waals surface area contributed by atoms with Crippen molar-refractivity contribution in [3.8, 4) is 23.0 Å². The zero-order valence-electron chi connectivity index (χ0n) is 13.4. The molecule has 0 fully saturated rings. The molecule has 0 aliphatic rings. The second-order valence-electron chi connectivity index (χ2n) is 5.69. The fourth-order valence-electron chi connectivity index (χ4n) is 2.56. The number of nitrogens with zero attached hydrogens (tertiary/aromatic N) is 1. The Morgan fingerprint density at radius 2 is 1.81 bits per heavy atom. The molecule has 0 unspecified atom stereocenters. The monoisotopic (exact) mass is 353 g/mol. The number of phenolic OH excluding ortho intramolecular Hbond substituents is 1. The van der Waals surface area contributed by atoms with Gasteiger partial charge in [0, 0.05) is 5.56 Å². The van der Waals surface area contributed by atoms with Gasteiger partial charge in [0.2, 0.25) is 11.7 Å². The van der Waals surface area contributed by atoms with Gasteiger partial charge in [0.05, 0.1) is 0 Å². The van der Waals surface area contributed by atoms with E-state index in [0.29, 0.717) is 5.56 Å². The van der Waals surface area contributed by atoms with Crippen LogP contribution in [0, 0.1) is 11.6 Å². The number of hydrogen-bond donors (Lipinski definition) is 1. The molecule has 4 nitrogen and oxygen atoms in total. The SMILES string of the molecule is Oc1ccc2nc(-c3ccc(OCc4ccccc4)c(F)c3)oc2c1F. The molecular weight excluding hydrogens is 340 g/mol. The average molecular weight is 353 g/mol. The number of halogens is 2. The summed E-state index contributed by atoms with van der Waals surface area (Å²) >= 11 is 0. The van der Waals surface area contributed by atoms with E-state index >= 15 is 0 Å². The molecule has 0 bridgehead atoms. The molecule has 0 amide bonds. The van der Waals surface area contributed by atoms with E-state index < -0.39 is 17.4 Å². The molecule has 1 N–H and O–H groups in total. The van der Waals surface area contributed by atoms with Crippen LogP contribution in [0.25, 0.3) is 22.6 Å². The molecular formula is C20H13F2NO3. The zero-order chi connectivity index (χ0) is 18.1. The molecule has 0 atom stereocenters. The highest BCUT2D eigenvalue weighted by Gasteiger charge is 2.16. The van der Waals surface area contributed by atoms with Crippen LogP contribution in [0.4, 0.5) is 8.78 Å². The molecule has 0 radical (unpaired) electrons. The maximum atomic E-state index is 14.3. The fourth-order valence-corrected chi connectivity index (χ4v) is 2.56. The van der Waals surface area contributed by atoms with Crippen molar-refractivity contribution in [1.82, 2.24) is 4.98 Å². The predicted molar refractivity (Wildman–Crippen MR) is 91.8 cm³/mol. The summed E-state index contributed by atoms with van der Waals surface area (Å²) in [5.41, 5.74) is 1.32. The van der Waals surface area contributed by atoms with Crippen LogP contribution in [0.3, 0.4) is 0 Å². The van der Waals surface area contributed by atoms with Crippen LogP contribution in [-0.4, -0.2) is 10.1 Å². The number of rotatable bonds is 4. The third-order valence-electron chi connectivity index (χ3n) is 3.89. The van der Waals surface area contributed by atoms with E-state index in [4.69, 9.17) is 9.15 Å². The largest absolute Gasteiger partial charge is 0.505 e. The number of fused-ring (bicyclic) bond motifs is 1. The Morgan fingerprint density at radius 1 is 1.00 bits per heavy atom. The number of aromatic nitrogens is 1. The van der Waals surface area contributed by atoms with Crippen LogP contribution in [-0.2, 0) is 6.61 Å². The second kappa shape index (κ2) is 6.48. The molecule has 0 aliphatic heterocycles. The van der Waals surface area contributed by atoms with Crippen molar-refractivity contribution in [2.75, 3.05) is 0 Å². The molecule has 0 saturated carbocycles. The quantitative estimate of drug-likeness (QED) is 0.557. The first kappa shape index (κ1) is 16.1. The van der Waals surface area contributed by atoms with Crippen molar-refractivity contribution < 1.29 is 23.0 Å². The van der Waals surface area contributed by atoms with Crippen LogP contribution in [0.2, 0.25) is 0 Å². The number of oxazole rings is 1. The van der Waals surface area contributed by atoms with Gasteiger partial charge in [-0.3, -0.25) is 0 Å². The molecule has 0 saturated heterocycles. The molecule has 4 aromatic rings.